The number of carbonyl (C=O) groups is 1. The first kappa shape index (κ1) is 8.63. The van der Waals surface area contributed by atoms with Crippen LogP contribution in [0.3, 0.4) is 0 Å². The predicted molar refractivity (Wildman–Crippen MR) is 41.2 cm³/mol. The number of rotatable bonds is 4. The molecule has 0 amide bonds. The molecule has 0 bridgehead atoms. The van der Waals surface area contributed by atoms with Crippen LogP contribution in [0.2, 0.25) is 0 Å². The molecule has 0 aliphatic rings. The minimum atomic E-state index is -0.149. The third-order valence-electron chi connectivity index (χ3n) is 1.21. The Morgan fingerprint density at radius 2 is 2.44 bits per heavy atom. The van der Waals surface area contributed by atoms with Crippen molar-refractivity contribution in [1.82, 2.24) is 0 Å². The number of hydrogen-bond donors (Lipinski definition) is 0. The second-order valence-corrected chi connectivity index (χ2v) is 2.58. The Balaban J connectivity index is 3.26. The van der Waals surface area contributed by atoms with Crippen LogP contribution in [-0.4, -0.2) is 5.12 Å². The molecule has 0 saturated carbocycles. The Morgan fingerprint density at radius 1 is 1.89 bits per heavy atom. The summed E-state index contributed by atoms with van der Waals surface area (Å²) in [4.78, 5) is 10.2. The van der Waals surface area contributed by atoms with Crippen molar-refractivity contribution < 1.29 is 4.79 Å². The van der Waals surface area contributed by atoms with Gasteiger partial charge in [0.05, 0.1) is 0 Å². The van der Waals surface area contributed by atoms with Crippen LogP contribution >= 0.6 is 12.6 Å². The molecule has 2 heteroatoms. The van der Waals surface area contributed by atoms with Gasteiger partial charge in [-0.15, -0.1) is 6.58 Å². The Kier molecular flexibility index (Phi) is 4.32. The molecule has 0 aromatic rings. The van der Waals surface area contributed by atoms with Crippen molar-refractivity contribution >= 4 is 17.7 Å². The lowest BCUT2D eigenvalue weighted by Crippen LogP contribution is -1.92. The molecule has 0 spiro atoms. The van der Waals surface area contributed by atoms with E-state index in [4.69, 9.17) is 0 Å². The fraction of sp³-hybridized carbons (Fsp3) is 0.571. The van der Waals surface area contributed by atoms with Crippen LogP contribution in [0.1, 0.15) is 19.8 Å². The summed E-state index contributed by atoms with van der Waals surface area (Å²) in [6.07, 6.45) is 3.17. The van der Waals surface area contributed by atoms with Gasteiger partial charge in [0, 0.05) is 6.42 Å². The van der Waals surface area contributed by atoms with Crippen LogP contribution in [0.5, 0.6) is 0 Å². The van der Waals surface area contributed by atoms with E-state index in [0.29, 0.717) is 12.3 Å². The zero-order chi connectivity index (χ0) is 7.28. The Morgan fingerprint density at radius 3 is 2.78 bits per heavy atom. The predicted octanol–water partition coefficient (Wildman–Crippen LogP) is 2.31. The van der Waals surface area contributed by atoms with E-state index < -0.39 is 0 Å². The summed E-state index contributed by atoms with van der Waals surface area (Å²) in [5, 5.41) is -0.149. The summed E-state index contributed by atoms with van der Waals surface area (Å²) in [7, 11) is 0. The first-order chi connectivity index (χ1) is 4.16. The van der Waals surface area contributed by atoms with Crippen molar-refractivity contribution in [3.8, 4) is 0 Å². The highest BCUT2D eigenvalue weighted by Gasteiger charge is 1.99. The fourth-order valence-corrected chi connectivity index (χ4v) is 0.581. The van der Waals surface area contributed by atoms with Crippen LogP contribution < -0.4 is 0 Å². The van der Waals surface area contributed by atoms with E-state index in [1.54, 1.807) is 0 Å². The summed E-state index contributed by atoms with van der Waals surface area (Å²) in [5.74, 6) is 0.414. The van der Waals surface area contributed by atoms with Crippen molar-refractivity contribution in [2.45, 2.75) is 19.8 Å². The standard InChI is InChI=1S/C7H11OS/c1-3-6(2)4-5-7(8)9/h3,6H,1,4-5H2,2H3. The van der Waals surface area contributed by atoms with Crippen molar-refractivity contribution in [2.24, 2.45) is 5.92 Å². The molecular formula is C7H11OS. The normalized spacial score (nSPS) is 12.6. The van der Waals surface area contributed by atoms with Crippen LogP contribution in [0.15, 0.2) is 12.7 Å². The van der Waals surface area contributed by atoms with Gasteiger partial charge in [-0.05, 0) is 25.0 Å². The Bertz CT molecular complexity index is 109. The quantitative estimate of drug-likeness (QED) is 0.552. The molecule has 1 atom stereocenters. The van der Waals surface area contributed by atoms with Crippen molar-refractivity contribution in [3.05, 3.63) is 12.7 Å². The molecule has 0 N–H and O–H groups in total. The van der Waals surface area contributed by atoms with Gasteiger partial charge in [-0.2, -0.15) is 0 Å². The molecule has 0 fully saturated rings. The minimum absolute atomic E-state index is 0.149. The van der Waals surface area contributed by atoms with E-state index in [-0.39, 0.29) is 5.12 Å². The molecule has 0 aliphatic carbocycles. The van der Waals surface area contributed by atoms with Crippen LogP contribution in [0.4, 0.5) is 0 Å². The molecule has 0 aromatic carbocycles. The van der Waals surface area contributed by atoms with Gasteiger partial charge in [0.2, 0.25) is 5.12 Å². The first-order valence-electron chi connectivity index (χ1n) is 2.99. The molecule has 0 rings (SSSR count). The maximum absolute atomic E-state index is 10.2. The SMILES string of the molecule is C=CC(C)CCC(=O)[S]. The minimum Gasteiger partial charge on any atom is -0.282 e. The van der Waals surface area contributed by atoms with E-state index in [0.717, 1.165) is 6.42 Å². The van der Waals surface area contributed by atoms with Crippen LogP contribution in [0, 0.1) is 5.92 Å². The highest BCUT2D eigenvalue weighted by atomic mass is 32.1. The van der Waals surface area contributed by atoms with E-state index in [1.165, 1.54) is 0 Å². The lowest BCUT2D eigenvalue weighted by Gasteiger charge is -1.99. The number of allylic oxidation sites excluding steroid dienone is 1. The second kappa shape index (κ2) is 4.50. The topological polar surface area (TPSA) is 17.1 Å². The van der Waals surface area contributed by atoms with Gasteiger partial charge in [0.15, 0.2) is 0 Å². The molecule has 9 heavy (non-hydrogen) atoms. The summed E-state index contributed by atoms with van der Waals surface area (Å²) >= 11 is 4.37. The molecule has 0 aliphatic heterocycles. The molecule has 0 saturated heterocycles. The average Bonchev–Trinajstić information content (AvgIpc) is 1.83. The molecule has 1 radical (unpaired) electrons. The monoisotopic (exact) mass is 143 g/mol. The largest absolute Gasteiger partial charge is 0.282 e. The Labute approximate surface area is 61.6 Å². The maximum Gasteiger partial charge on any atom is 0.218 e. The van der Waals surface area contributed by atoms with Crippen molar-refractivity contribution in [1.29, 1.82) is 0 Å². The van der Waals surface area contributed by atoms with Gasteiger partial charge in [-0.1, -0.05) is 13.0 Å². The third kappa shape index (κ3) is 5.50. The summed E-state index contributed by atoms with van der Waals surface area (Å²) in [5.41, 5.74) is 0. The lowest BCUT2D eigenvalue weighted by atomic mass is 10.1. The zero-order valence-corrected chi connectivity index (χ0v) is 6.41. The number of hydrogen-bond acceptors (Lipinski definition) is 1. The van der Waals surface area contributed by atoms with Gasteiger partial charge in [-0.25, -0.2) is 0 Å². The molecule has 0 aromatic heterocycles. The maximum atomic E-state index is 10.2. The van der Waals surface area contributed by atoms with Crippen molar-refractivity contribution in [3.63, 3.8) is 0 Å². The van der Waals surface area contributed by atoms with Crippen LogP contribution in [-0.2, 0) is 4.79 Å². The van der Waals surface area contributed by atoms with Crippen LogP contribution in [0.25, 0.3) is 0 Å². The summed E-state index contributed by atoms with van der Waals surface area (Å²) in [6, 6.07) is 0. The van der Waals surface area contributed by atoms with Gasteiger partial charge < -0.3 is 0 Å². The summed E-state index contributed by atoms with van der Waals surface area (Å²) in [6.45, 7) is 5.61. The van der Waals surface area contributed by atoms with Gasteiger partial charge >= 0.3 is 0 Å². The van der Waals surface area contributed by atoms with E-state index >= 15 is 0 Å². The lowest BCUT2D eigenvalue weighted by molar-refractivity contribution is -0.111. The molecule has 0 heterocycles. The Hall–Kier alpha value is -0.370. The van der Waals surface area contributed by atoms with E-state index in [2.05, 4.69) is 19.2 Å². The summed E-state index contributed by atoms with van der Waals surface area (Å²) < 4.78 is 0. The molecule has 51 valence electrons. The molecule has 1 nitrogen and oxygen atoms in total. The highest BCUT2D eigenvalue weighted by molar-refractivity contribution is 7.96. The van der Waals surface area contributed by atoms with Gasteiger partial charge in [-0.3, -0.25) is 4.79 Å². The van der Waals surface area contributed by atoms with E-state index in [1.807, 2.05) is 13.0 Å². The second-order valence-electron chi connectivity index (χ2n) is 2.12. The van der Waals surface area contributed by atoms with E-state index in [9.17, 15) is 4.79 Å². The number of carbonyl (C=O) groups excluding carboxylic acids is 1. The molecule has 1 unspecified atom stereocenters. The van der Waals surface area contributed by atoms with Crippen molar-refractivity contribution in [2.75, 3.05) is 0 Å². The zero-order valence-electron chi connectivity index (χ0n) is 5.59. The first-order valence-corrected chi connectivity index (χ1v) is 3.40. The van der Waals surface area contributed by atoms with Gasteiger partial charge in [0.1, 0.15) is 0 Å². The smallest absolute Gasteiger partial charge is 0.218 e. The fourth-order valence-electron chi connectivity index (χ4n) is 0.463. The highest BCUT2D eigenvalue weighted by Crippen LogP contribution is 2.06. The molecular weight excluding hydrogens is 132 g/mol. The average molecular weight is 143 g/mol. The van der Waals surface area contributed by atoms with Gasteiger partial charge in [0.25, 0.3) is 0 Å². The third-order valence-corrected chi connectivity index (χ3v) is 1.41.